The van der Waals surface area contributed by atoms with Gasteiger partial charge in [0.2, 0.25) is 5.91 Å². The molecule has 3 unspecified atom stereocenters. The quantitative estimate of drug-likeness (QED) is 0.538. The van der Waals surface area contributed by atoms with E-state index >= 15 is 0 Å². The summed E-state index contributed by atoms with van der Waals surface area (Å²) in [6.07, 6.45) is -6.99. The summed E-state index contributed by atoms with van der Waals surface area (Å²) in [6, 6.07) is -1.56. The second-order valence-electron chi connectivity index (χ2n) is 3.79. The molecule has 0 radical (unpaired) electrons. The normalized spacial score (nSPS) is 40.0. The molecule has 0 aliphatic carbocycles. The Kier molecular flexibility index (Phi) is 3.97. The van der Waals surface area contributed by atoms with Gasteiger partial charge in [-0.3, -0.25) is 4.79 Å². The number of carbonyl (C=O) groups is 3. The summed E-state index contributed by atoms with van der Waals surface area (Å²) < 4.78 is 31.3. The smallest absolute Gasteiger partial charge is 0.372 e. The molecule has 18 heavy (non-hydrogen) atoms. The Labute approximate surface area is 99.7 Å². The van der Waals surface area contributed by atoms with Crippen LogP contribution in [-0.2, 0) is 19.1 Å². The van der Waals surface area contributed by atoms with Gasteiger partial charge in [0.25, 0.3) is 0 Å². The third-order valence-electron chi connectivity index (χ3n) is 2.48. The molecule has 102 valence electrons. The van der Waals surface area contributed by atoms with Crippen LogP contribution in [0.3, 0.4) is 0 Å². The molecule has 9 heteroatoms. The Bertz CT molecular complexity index is 378. The molecule has 1 aliphatic rings. The van der Waals surface area contributed by atoms with Crippen LogP contribution in [0.5, 0.6) is 0 Å². The van der Waals surface area contributed by atoms with E-state index in [4.69, 9.17) is 5.11 Å². The number of nitrogens with one attached hydrogen (secondary N) is 1. The number of carboxylic acid groups (broad SMARTS) is 1. The van der Waals surface area contributed by atoms with Crippen LogP contribution in [0.15, 0.2) is 0 Å². The predicted molar refractivity (Wildman–Crippen MR) is 50.9 cm³/mol. The number of amides is 1. The minimum atomic E-state index is -3.83. The minimum Gasteiger partial charge on any atom is -0.477 e. The first-order chi connectivity index (χ1) is 8.24. The van der Waals surface area contributed by atoms with E-state index < -0.39 is 42.2 Å². The molecule has 1 amide bonds. The zero-order valence-electron chi connectivity index (χ0n) is 9.17. The molecule has 1 fully saturated rings. The molecule has 3 N–H and O–H groups in total. The second-order valence-corrected chi connectivity index (χ2v) is 3.79. The Morgan fingerprint density at radius 1 is 1.50 bits per heavy atom. The lowest BCUT2D eigenvalue weighted by atomic mass is 9.92. The van der Waals surface area contributed by atoms with Gasteiger partial charge in [-0.1, -0.05) is 0 Å². The fourth-order valence-corrected chi connectivity index (χ4v) is 1.62. The number of carbonyl (C=O) groups excluding carboxylic acids is 2. The number of ether oxygens (including phenoxy) is 1. The van der Waals surface area contributed by atoms with Crippen molar-refractivity contribution in [1.82, 2.24) is 5.32 Å². The first-order valence-corrected chi connectivity index (χ1v) is 4.88. The molecule has 1 heterocycles. The molecule has 7 nitrogen and oxygen atoms in total. The van der Waals surface area contributed by atoms with E-state index in [1.165, 1.54) is 0 Å². The van der Waals surface area contributed by atoms with Crippen LogP contribution in [-0.4, -0.2) is 58.7 Å². The van der Waals surface area contributed by atoms with E-state index in [-0.39, 0.29) is 6.29 Å². The highest BCUT2D eigenvalue weighted by atomic mass is 19.2. The SMILES string of the molecule is CC(=O)N[C@H]1C(C=O)O[C@@](F)(C(=O)O)C(F)C1O. The fourth-order valence-electron chi connectivity index (χ4n) is 1.62. The standard InChI is InChI=1S/C9H11F2NO6/c1-3(14)12-5-4(2-13)18-9(11,8(16)17)7(10)6(5)15/h2,4-7,15H,1H3,(H,12,14)(H,16,17)/t4?,5-,6?,7?,9+/m0/s1. The van der Waals surface area contributed by atoms with Crippen molar-refractivity contribution in [2.75, 3.05) is 0 Å². The number of aldehydes is 1. The first kappa shape index (κ1) is 14.5. The Morgan fingerprint density at radius 2 is 2.06 bits per heavy atom. The lowest BCUT2D eigenvalue weighted by Gasteiger charge is -2.41. The van der Waals surface area contributed by atoms with Gasteiger partial charge in [0.05, 0.1) is 6.04 Å². The van der Waals surface area contributed by atoms with Crippen LogP contribution in [0.4, 0.5) is 8.78 Å². The van der Waals surface area contributed by atoms with Crippen LogP contribution >= 0.6 is 0 Å². The zero-order valence-corrected chi connectivity index (χ0v) is 9.17. The van der Waals surface area contributed by atoms with Crippen molar-refractivity contribution in [3.05, 3.63) is 0 Å². The van der Waals surface area contributed by atoms with Gasteiger partial charge in [0.1, 0.15) is 12.2 Å². The maximum Gasteiger partial charge on any atom is 0.372 e. The molecular formula is C9H11F2NO6. The number of alkyl halides is 2. The van der Waals surface area contributed by atoms with Crippen LogP contribution < -0.4 is 5.32 Å². The molecule has 0 aromatic rings. The van der Waals surface area contributed by atoms with Gasteiger partial charge in [0, 0.05) is 6.92 Å². The van der Waals surface area contributed by atoms with Crippen LogP contribution in [0.2, 0.25) is 0 Å². The Balaban J connectivity index is 3.05. The Hall–Kier alpha value is -1.61. The van der Waals surface area contributed by atoms with Crippen molar-refractivity contribution >= 4 is 18.2 Å². The number of aliphatic carboxylic acids is 1. The molecule has 0 aromatic heterocycles. The zero-order chi connectivity index (χ0) is 14.1. The maximum atomic E-state index is 13.7. The third kappa shape index (κ3) is 2.31. The first-order valence-electron chi connectivity index (χ1n) is 4.88. The highest BCUT2D eigenvalue weighted by molar-refractivity contribution is 5.78. The van der Waals surface area contributed by atoms with Crippen LogP contribution in [0.25, 0.3) is 0 Å². The van der Waals surface area contributed by atoms with Gasteiger partial charge >= 0.3 is 11.8 Å². The average Bonchev–Trinajstić information content (AvgIpc) is 2.29. The molecule has 0 saturated carbocycles. The monoisotopic (exact) mass is 267 g/mol. The van der Waals surface area contributed by atoms with E-state index in [0.717, 1.165) is 6.92 Å². The minimum absolute atomic E-state index is 0.0209. The summed E-state index contributed by atoms with van der Waals surface area (Å²) in [5.74, 6) is -6.86. The van der Waals surface area contributed by atoms with Gasteiger partial charge in [-0.05, 0) is 0 Å². The van der Waals surface area contributed by atoms with E-state index in [9.17, 15) is 28.3 Å². The van der Waals surface area contributed by atoms with Crippen molar-refractivity contribution in [3.63, 3.8) is 0 Å². The van der Waals surface area contributed by atoms with E-state index in [2.05, 4.69) is 4.74 Å². The number of hydrogen-bond acceptors (Lipinski definition) is 5. The van der Waals surface area contributed by atoms with Gasteiger partial charge in [-0.15, -0.1) is 0 Å². The summed E-state index contributed by atoms with van der Waals surface area (Å²) in [6.45, 7) is 1.02. The number of aliphatic hydroxyl groups is 1. The van der Waals surface area contributed by atoms with Crippen molar-refractivity contribution in [3.8, 4) is 0 Å². The largest absolute Gasteiger partial charge is 0.477 e. The summed E-state index contributed by atoms with van der Waals surface area (Å²) in [5.41, 5.74) is 0. The summed E-state index contributed by atoms with van der Waals surface area (Å²) in [7, 11) is 0. The number of hydrogen-bond donors (Lipinski definition) is 3. The molecule has 0 aromatic carbocycles. The van der Waals surface area contributed by atoms with E-state index in [1.54, 1.807) is 0 Å². The number of rotatable bonds is 3. The van der Waals surface area contributed by atoms with Crippen molar-refractivity contribution in [2.45, 2.75) is 37.2 Å². The van der Waals surface area contributed by atoms with Gasteiger partial charge in [-0.2, -0.15) is 4.39 Å². The molecule has 1 saturated heterocycles. The maximum absolute atomic E-state index is 13.7. The molecular weight excluding hydrogens is 256 g/mol. The van der Waals surface area contributed by atoms with Crippen molar-refractivity contribution in [2.24, 2.45) is 0 Å². The van der Waals surface area contributed by atoms with Crippen LogP contribution in [0, 0.1) is 0 Å². The average molecular weight is 267 g/mol. The lowest BCUT2D eigenvalue weighted by Crippen LogP contribution is -2.68. The molecule has 1 aliphatic heterocycles. The Morgan fingerprint density at radius 3 is 2.44 bits per heavy atom. The molecule has 0 bridgehead atoms. The van der Waals surface area contributed by atoms with Crippen molar-refractivity contribution < 1.29 is 38.1 Å². The van der Waals surface area contributed by atoms with Crippen molar-refractivity contribution in [1.29, 1.82) is 0 Å². The number of carboxylic acids is 1. The molecule has 5 atom stereocenters. The molecule has 0 spiro atoms. The van der Waals surface area contributed by atoms with Gasteiger partial charge in [0.15, 0.2) is 12.5 Å². The highest BCUT2D eigenvalue weighted by Crippen LogP contribution is 2.33. The number of halogens is 2. The highest BCUT2D eigenvalue weighted by Gasteiger charge is 2.61. The predicted octanol–water partition coefficient (Wildman–Crippen LogP) is -1.46. The topological polar surface area (TPSA) is 113 Å². The van der Waals surface area contributed by atoms with E-state index in [0.29, 0.717) is 0 Å². The van der Waals surface area contributed by atoms with E-state index in [1.807, 2.05) is 5.32 Å². The second kappa shape index (κ2) is 4.94. The summed E-state index contributed by atoms with van der Waals surface area (Å²) in [5, 5.41) is 19.9. The lowest BCUT2D eigenvalue weighted by molar-refractivity contribution is -0.267. The summed E-state index contributed by atoms with van der Waals surface area (Å²) >= 11 is 0. The molecule has 1 rings (SSSR count). The van der Waals surface area contributed by atoms with Crippen LogP contribution in [0.1, 0.15) is 6.92 Å². The van der Waals surface area contributed by atoms with Gasteiger partial charge in [-0.25, -0.2) is 9.18 Å². The number of aliphatic hydroxyl groups excluding tert-OH is 1. The summed E-state index contributed by atoms with van der Waals surface area (Å²) in [4.78, 5) is 32.0. The van der Waals surface area contributed by atoms with Gasteiger partial charge < -0.3 is 25.1 Å². The fraction of sp³-hybridized carbons (Fsp3) is 0.667. The third-order valence-corrected chi connectivity index (χ3v) is 2.48.